The molecule has 0 aliphatic carbocycles. The molecule has 0 saturated carbocycles. The molecular formula is C15H11BrCrO2. The molecular weight excluding hydrogens is 344 g/mol. The van der Waals surface area contributed by atoms with Crippen LogP contribution in [0, 0.1) is 0 Å². The summed E-state index contributed by atoms with van der Waals surface area (Å²) in [5.41, 5.74) is 1.06. The van der Waals surface area contributed by atoms with E-state index in [0.717, 1.165) is 0 Å². The molecule has 0 spiro atoms. The minimum atomic E-state index is -0.831. The van der Waals surface area contributed by atoms with Crippen LogP contribution < -0.4 is 0 Å². The fourth-order valence-electron chi connectivity index (χ4n) is 1.62. The smallest absolute Gasteiger partial charge is 0.184 e. The number of alkyl halides is 1. The van der Waals surface area contributed by atoms with E-state index in [1.54, 1.807) is 48.5 Å². The fourth-order valence-corrected chi connectivity index (χ4v) is 2.15. The molecule has 2 aromatic carbocycles. The zero-order chi connectivity index (χ0) is 13.0. The second-order valence-corrected chi connectivity index (χ2v) is 4.74. The number of Topliss-reactive ketones (excluding diaryl/α,β-unsaturated/α-hetero) is 2. The zero-order valence-corrected chi connectivity index (χ0v) is 12.8. The standard InChI is InChI=1S/C15H11BrO2.Cr/c16-13(14(17)11-7-3-1-4-8-11)15(18)12-9-5-2-6-10-12;/h1-10,13H;. The van der Waals surface area contributed by atoms with Crippen molar-refractivity contribution < 1.29 is 27.0 Å². The molecule has 19 heavy (non-hydrogen) atoms. The maximum absolute atomic E-state index is 12.1. The van der Waals surface area contributed by atoms with Crippen LogP contribution in [0.1, 0.15) is 20.7 Å². The van der Waals surface area contributed by atoms with Crippen LogP contribution in [0.3, 0.4) is 0 Å². The second kappa shape index (κ2) is 7.40. The van der Waals surface area contributed by atoms with Gasteiger partial charge in [-0.1, -0.05) is 76.6 Å². The van der Waals surface area contributed by atoms with E-state index in [1.165, 1.54) is 0 Å². The third-order valence-corrected chi connectivity index (χ3v) is 3.41. The van der Waals surface area contributed by atoms with Gasteiger partial charge in [0.2, 0.25) is 0 Å². The molecule has 0 N–H and O–H groups in total. The molecule has 0 aliphatic heterocycles. The topological polar surface area (TPSA) is 34.1 Å². The van der Waals surface area contributed by atoms with Crippen LogP contribution in [0.25, 0.3) is 0 Å². The average Bonchev–Trinajstić information content (AvgIpc) is 2.47. The summed E-state index contributed by atoms with van der Waals surface area (Å²) in [6.45, 7) is 0. The molecule has 0 aliphatic rings. The number of rotatable bonds is 4. The number of hydrogen-bond acceptors (Lipinski definition) is 2. The first-order valence-corrected chi connectivity index (χ1v) is 6.44. The SMILES string of the molecule is O=C(c1ccccc1)C(Br)C(=O)c1ccccc1.[Cr]. The third-order valence-electron chi connectivity index (χ3n) is 2.58. The molecule has 4 heteroatoms. The van der Waals surface area contributed by atoms with Gasteiger partial charge in [0.25, 0.3) is 0 Å². The number of carbonyl (C=O) groups is 2. The fraction of sp³-hybridized carbons (Fsp3) is 0.0667. The van der Waals surface area contributed by atoms with Crippen LogP contribution in [-0.2, 0) is 17.4 Å². The molecule has 2 nitrogen and oxygen atoms in total. The summed E-state index contributed by atoms with van der Waals surface area (Å²) >= 11 is 3.18. The Bertz CT molecular complexity index is 503. The molecule has 96 valence electrons. The Morgan fingerprint density at radius 2 is 1.05 bits per heavy atom. The number of ketones is 2. The summed E-state index contributed by atoms with van der Waals surface area (Å²) in [6.07, 6.45) is 0. The minimum absolute atomic E-state index is 0. The molecule has 0 aromatic heterocycles. The Morgan fingerprint density at radius 1 is 0.737 bits per heavy atom. The maximum atomic E-state index is 12.1. The molecule has 0 radical (unpaired) electrons. The van der Waals surface area contributed by atoms with E-state index in [0.29, 0.717) is 11.1 Å². The van der Waals surface area contributed by atoms with E-state index in [9.17, 15) is 9.59 Å². The van der Waals surface area contributed by atoms with Crippen molar-refractivity contribution in [3.63, 3.8) is 0 Å². The average molecular weight is 355 g/mol. The number of halogens is 1. The predicted molar refractivity (Wildman–Crippen MR) is 74.3 cm³/mol. The van der Waals surface area contributed by atoms with Gasteiger partial charge in [0, 0.05) is 28.5 Å². The van der Waals surface area contributed by atoms with Crippen molar-refractivity contribution in [3.8, 4) is 0 Å². The largest absolute Gasteiger partial charge is 0.292 e. The Morgan fingerprint density at radius 3 is 1.37 bits per heavy atom. The molecule has 2 rings (SSSR count). The van der Waals surface area contributed by atoms with E-state index in [2.05, 4.69) is 15.9 Å². The van der Waals surface area contributed by atoms with Crippen LogP contribution in [-0.4, -0.2) is 16.4 Å². The van der Waals surface area contributed by atoms with Crippen molar-refractivity contribution in [1.29, 1.82) is 0 Å². The van der Waals surface area contributed by atoms with Crippen molar-refractivity contribution in [2.45, 2.75) is 4.83 Å². The summed E-state index contributed by atoms with van der Waals surface area (Å²) in [6, 6.07) is 17.6. The van der Waals surface area contributed by atoms with Gasteiger partial charge in [0.15, 0.2) is 11.6 Å². The summed E-state index contributed by atoms with van der Waals surface area (Å²) in [4.78, 5) is 23.4. The van der Waals surface area contributed by atoms with E-state index >= 15 is 0 Å². The molecule has 0 heterocycles. The van der Waals surface area contributed by atoms with E-state index < -0.39 is 4.83 Å². The van der Waals surface area contributed by atoms with Crippen molar-refractivity contribution in [2.75, 3.05) is 0 Å². The Labute approximate surface area is 131 Å². The van der Waals surface area contributed by atoms with Gasteiger partial charge >= 0.3 is 0 Å². The van der Waals surface area contributed by atoms with Crippen molar-refractivity contribution in [1.82, 2.24) is 0 Å². The number of hydrogen-bond donors (Lipinski definition) is 0. The van der Waals surface area contributed by atoms with Gasteiger partial charge < -0.3 is 0 Å². The second-order valence-electron chi connectivity index (χ2n) is 3.82. The van der Waals surface area contributed by atoms with Gasteiger partial charge in [-0.05, 0) is 0 Å². The molecule has 0 bridgehead atoms. The van der Waals surface area contributed by atoms with Crippen LogP contribution in [0.5, 0.6) is 0 Å². The summed E-state index contributed by atoms with van der Waals surface area (Å²) in [5, 5.41) is 0. The summed E-state index contributed by atoms with van der Waals surface area (Å²) in [7, 11) is 0. The van der Waals surface area contributed by atoms with Crippen molar-refractivity contribution >= 4 is 27.5 Å². The molecule has 0 unspecified atom stereocenters. The van der Waals surface area contributed by atoms with Crippen LogP contribution in [0.2, 0.25) is 0 Å². The van der Waals surface area contributed by atoms with Gasteiger partial charge in [-0.25, -0.2) is 0 Å². The quantitative estimate of drug-likeness (QED) is 0.478. The Hall–Kier alpha value is -1.21. The molecule has 0 fully saturated rings. The monoisotopic (exact) mass is 354 g/mol. The molecule has 0 saturated heterocycles. The van der Waals surface area contributed by atoms with Gasteiger partial charge in [-0.15, -0.1) is 0 Å². The molecule has 2 aromatic rings. The van der Waals surface area contributed by atoms with Gasteiger partial charge in [-0.3, -0.25) is 9.59 Å². The first-order chi connectivity index (χ1) is 8.70. The maximum Gasteiger partial charge on any atom is 0.184 e. The Kier molecular flexibility index (Phi) is 6.17. The van der Waals surface area contributed by atoms with Crippen molar-refractivity contribution in [2.24, 2.45) is 0 Å². The van der Waals surface area contributed by atoms with Crippen molar-refractivity contribution in [3.05, 3.63) is 71.8 Å². The van der Waals surface area contributed by atoms with Crippen LogP contribution in [0.4, 0.5) is 0 Å². The van der Waals surface area contributed by atoms with Crippen LogP contribution >= 0.6 is 15.9 Å². The molecule has 0 atom stereocenters. The van der Waals surface area contributed by atoms with E-state index in [4.69, 9.17) is 0 Å². The normalized spacial score (nSPS) is 9.79. The minimum Gasteiger partial charge on any atom is -0.292 e. The first kappa shape index (κ1) is 15.8. The van der Waals surface area contributed by atoms with Crippen LogP contribution in [0.15, 0.2) is 60.7 Å². The summed E-state index contributed by atoms with van der Waals surface area (Å²) in [5.74, 6) is -0.436. The Balaban J connectivity index is 0.00000180. The number of carbonyl (C=O) groups excluding carboxylic acids is 2. The predicted octanol–water partition coefficient (Wildman–Crippen LogP) is 3.51. The van der Waals surface area contributed by atoms with Gasteiger partial charge in [-0.2, -0.15) is 0 Å². The first-order valence-electron chi connectivity index (χ1n) is 5.53. The summed E-state index contributed by atoms with van der Waals surface area (Å²) < 4.78 is 0. The van der Waals surface area contributed by atoms with E-state index in [-0.39, 0.29) is 28.9 Å². The third kappa shape index (κ3) is 3.88. The van der Waals surface area contributed by atoms with Gasteiger partial charge in [0.1, 0.15) is 4.83 Å². The van der Waals surface area contributed by atoms with Gasteiger partial charge in [0.05, 0.1) is 0 Å². The van der Waals surface area contributed by atoms with E-state index in [1.807, 2.05) is 12.1 Å². The number of benzene rings is 2. The molecule has 0 amide bonds. The zero-order valence-electron chi connectivity index (χ0n) is 9.95.